The zero-order valence-electron chi connectivity index (χ0n) is 36.1. The number of hydrogen-bond donors (Lipinski definition) is 0. The predicted molar refractivity (Wildman–Crippen MR) is 230 cm³/mol. The summed E-state index contributed by atoms with van der Waals surface area (Å²) >= 11 is -3.46. The van der Waals surface area contributed by atoms with Crippen LogP contribution in [-0.4, -0.2) is 3.21 Å². The van der Waals surface area contributed by atoms with Crippen LogP contribution in [0.4, 0.5) is 13.2 Å². The van der Waals surface area contributed by atoms with Gasteiger partial charge >= 0.3 is 343 Å². The maximum atomic E-state index is 14.7. The number of halogens is 5. The summed E-state index contributed by atoms with van der Waals surface area (Å²) < 4.78 is 46.7. The first-order valence-corrected chi connectivity index (χ1v) is 24.0. The monoisotopic (exact) mass is 898 g/mol. The molecule has 5 aromatic rings. The van der Waals surface area contributed by atoms with E-state index in [1.807, 2.05) is 12.1 Å². The Morgan fingerprint density at radius 3 is 1.72 bits per heavy atom. The number of allylic oxidation sites excluding steroid dienone is 4. The summed E-state index contributed by atoms with van der Waals surface area (Å²) in [5, 5.41) is 2.18. The van der Waals surface area contributed by atoms with Crippen LogP contribution in [0, 0.1) is 0 Å². The molecule has 0 fully saturated rings. The van der Waals surface area contributed by atoms with Crippen molar-refractivity contribution in [2.24, 2.45) is 0 Å². The van der Waals surface area contributed by atoms with Crippen LogP contribution in [0.15, 0.2) is 109 Å². The Morgan fingerprint density at radius 1 is 0.586 bits per heavy atom. The fourth-order valence-electron chi connectivity index (χ4n) is 9.12. The largest absolute Gasteiger partial charge is 1.00 e. The summed E-state index contributed by atoms with van der Waals surface area (Å²) in [6, 6.07) is 28.5. The molecule has 0 heterocycles. The van der Waals surface area contributed by atoms with Gasteiger partial charge in [-0.3, -0.25) is 0 Å². The van der Waals surface area contributed by atoms with Crippen LogP contribution in [0.2, 0.25) is 3.63 Å². The molecule has 58 heavy (non-hydrogen) atoms. The van der Waals surface area contributed by atoms with Crippen molar-refractivity contribution >= 4 is 17.2 Å². The molecule has 0 atom stereocenters. The van der Waals surface area contributed by atoms with Crippen molar-refractivity contribution in [1.29, 1.82) is 0 Å². The molecule has 0 nitrogen and oxygen atoms in total. The molecular weight excluding hydrogens is 844 g/mol. The van der Waals surface area contributed by atoms with E-state index in [1.165, 1.54) is 59.9 Å². The van der Waals surface area contributed by atoms with Gasteiger partial charge in [-0.25, -0.2) is 0 Å². The molecule has 0 radical (unpaired) electrons. The van der Waals surface area contributed by atoms with E-state index in [2.05, 4.69) is 162 Å². The van der Waals surface area contributed by atoms with E-state index in [0.717, 1.165) is 26.0 Å². The smallest absolute Gasteiger partial charge is 1.00 e. The van der Waals surface area contributed by atoms with Gasteiger partial charge in [0.15, 0.2) is 0 Å². The minimum Gasteiger partial charge on any atom is -1.00 e. The van der Waals surface area contributed by atoms with Gasteiger partial charge in [0.25, 0.3) is 0 Å². The Labute approximate surface area is 365 Å². The summed E-state index contributed by atoms with van der Waals surface area (Å²) in [4.78, 5) is 0. The molecule has 0 saturated heterocycles. The molecule has 304 valence electrons. The van der Waals surface area contributed by atoms with Crippen molar-refractivity contribution in [3.8, 4) is 11.1 Å². The number of benzene rings is 5. The Balaban J connectivity index is 0.00000320. The van der Waals surface area contributed by atoms with E-state index in [-0.39, 0.29) is 50.1 Å². The van der Waals surface area contributed by atoms with Gasteiger partial charge in [0.2, 0.25) is 0 Å². The Hall–Kier alpha value is -3.04. The molecule has 0 spiro atoms. The molecule has 0 aromatic heterocycles. The quantitative estimate of drug-likeness (QED) is 0.168. The first-order chi connectivity index (χ1) is 26.0. The van der Waals surface area contributed by atoms with E-state index in [9.17, 15) is 13.2 Å². The third-order valence-corrected chi connectivity index (χ3v) is 19.6. The molecule has 7 rings (SSSR count). The maximum absolute atomic E-state index is 14.7. The van der Waals surface area contributed by atoms with Crippen molar-refractivity contribution < 1.29 is 59.3 Å². The Kier molecular flexibility index (Phi) is 12.8. The normalized spacial score (nSPS) is 14.6. The molecule has 5 aromatic carbocycles. The number of hydrogen-bond acceptors (Lipinski definition) is 0. The molecule has 6 heteroatoms. The van der Waals surface area contributed by atoms with E-state index in [1.54, 1.807) is 6.07 Å². The number of alkyl halides is 3. The Bertz CT molecular complexity index is 2450. The van der Waals surface area contributed by atoms with Crippen LogP contribution >= 0.6 is 0 Å². The Morgan fingerprint density at radius 2 is 1.14 bits per heavy atom. The zero-order chi connectivity index (χ0) is 40.7. The molecule has 0 aliphatic heterocycles. The van der Waals surface area contributed by atoms with Crippen LogP contribution in [-0.2, 0) is 55.5 Å². The minimum absolute atomic E-state index is 0. The first-order valence-electron chi connectivity index (χ1n) is 20.1. The van der Waals surface area contributed by atoms with Crippen molar-refractivity contribution in [2.75, 3.05) is 0 Å². The minimum atomic E-state index is -4.46. The van der Waals surface area contributed by atoms with Crippen molar-refractivity contribution in [3.63, 3.8) is 0 Å². The van der Waals surface area contributed by atoms with Crippen molar-refractivity contribution in [2.45, 2.75) is 121 Å². The predicted octanol–water partition coefficient (Wildman–Crippen LogP) is 8.05. The number of fused-ring (bicyclic) bond motifs is 4. The van der Waals surface area contributed by atoms with E-state index in [4.69, 9.17) is 0 Å². The van der Waals surface area contributed by atoms with Crippen molar-refractivity contribution in [3.05, 3.63) is 159 Å². The number of rotatable bonds is 4. The maximum Gasteiger partial charge on any atom is -1.00 e. The van der Waals surface area contributed by atoms with Gasteiger partial charge in [0, 0.05) is 0 Å². The van der Waals surface area contributed by atoms with Gasteiger partial charge in [-0.05, 0) is 0 Å². The second-order valence-corrected chi connectivity index (χ2v) is 26.3. The van der Waals surface area contributed by atoms with Crippen LogP contribution in [0.3, 0.4) is 0 Å². The SMILES string of the molecule is CC(C)(C)c1cc2c(cc1C(C)(C)C)-c1cc(C(C)(C)C)c(C(C)(C)C)[c]([Zr+2](=[C](c3cccc(C(F)(F)F)c3)c3cccc4ccccc34)[CH]3C=CC=C3)c1C2.[Cl-].[Cl-]. The third kappa shape index (κ3) is 8.60. The van der Waals surface area contributed by atoms with Gasteiger partial charge < -0.3 is 24.8 Å². The van der Waals surface area contributed by atoms with Crippen molar-refractivity contribution in [1.82, 2.24) is 0 Å². The summed E-state index contributed by atoms with van der Waals surface area (Å²) in [7, 11) is 0. The summed E-state index contributed by atoms with van der Waals surface area (Å²) in [5.74, 6) is 0. The molecule has 0 unspecified atom stereocenters. The third-order valence-electron chi connectivity index (χ3n) is 11.7. The van der Waals surface area contributed by atoms with Gasteiger partial charge in [-0.2, -0.15) is 0 Å². The summed E-state index contributed by atoms with van der Waals surface area (Å²) in [5.41, 5.74) is 11.5. The molecule has 2 aliphatic rings. The van der Waals surface area contributed by atoms with E-state index >= 15 is 0 Å². The van der Waals surface area contributed by atoms with Gasteiger partial charge in [0.1, 0.15) is 0 Å². The fraction of sp³-hybridized carbons (Fsp3) is 0.365. The molecule has 0 amide bonds. The molecular formula is C52H57Cl2F3Zr. The van der Waals surface area contributed by atoms with Gasteiger partial charge in [-0.1, -0.05) is 0 Å². The topological polar surface area (TPSA) is 0 Å². The standard InChI is InChI=1S/C29H41.C18H11F3.C5H5.2ClH.Zr/c1-26(2,3)22-14-18-13-19-15-23(27(4,5)6)25(29(10,11)12)17-21(19)20(18)16-24(22)28(7,8)9;19-18(20,21)16-9-3-5-13(12-16)11-15-8-4-7-14-6-1-2-10-17(14)15;1-2-4-5-3-1;;;/h14,16-17H,13H2,1-12H3;1-10,12H;1-5H;2*1H;/q;;;;;+2/p-2. The average molecular weight is 901 g/mol. The fourth-order valence-corrected chi connectivity index (χ4v) is 18.5. The molecule has 2 aliphatic carbocycles. The molecule has 0 bridgehead atoms. The van der Waals surface area contributed by atoms with E-state index in [0.29, 0.717) is 5.56 Å². The van der Waals surface area contributed by atoms with Crippen LogP contribution in [0.5, 0.6) is 0 Å². The second-order valence-electron chi connectivity index (χ2n) is 20.1. The van der Waals surface area contributed by atoms with Crippen LogP contribution < -0.4 is 28.1 Å². The first kappa shape index (κ1) is 46.0. The molecule has 0 N–H and O–H groups in total. The average Bonchev–Trinajstić information content (AvgIpc) is 3.76. The van der Waals surface area contributed by atoms with Gasteiger partial charge in [0.05, 0.1) is 0 Å². The summed E-state index contributed by atoms with van der Waals surface area (Å²) in [6.07, 6.45) is 5.35. The van der Waals surface area contributed by atoms with Crippen LogP contribution in [0.1, 0.15) is 133 Å². The molecule has 0 saturated carbocycles. The second kappa shape index (κ2) is 16.1. The van der Waals surface area contributed by atoms with Crippen LogP contribution in [0.25, 0.3) is 21.9 Å². The summed E-state index contributed by atoms with van der Waals surface area (Å²) in [6.45, 7) is 27.9. The van der Waals surface area contributed by atoms with E-state index < -0.39 is 33.0 Å². The zero-order valence-corrected chi connectivity index (χ0v) is 40.0. The van der Waals surface area contributed by atoms with Gasteiger partial charge in [-0.15, -0.1) is 0 Å².